The van der Waals surface area contributed by atoms with Crippen LogP contribution in [0.4, 0.5) is 0 Å². The number of aromatic nitrogens is 6. The lowest BCUT2D eigenvalue weighted by atomic mass is 9.98. The van der Waals surface area contributed by atoms with Crippen LogP contribution in [0.15, 0.2) is 184 Å². The Hall–Kier alpha value is -8.40. The number of para-hydroxylation sites is 3. The number of nitrogens with one attached hydrogen (secondary N) is 6. The maximum Gasteiger partial charge on any atom is 0.459 e. The summed E-state index contributed by atoms with van der Waals surface area (Å²) in [6.07, 6.45) is 5.85. The Kier molecular flexibility index (Phi) is 34.7. The first-order valence-corrected chi connectivity index (χ1v) is 45.2. The minimum absolute atomic E-state index is 0.00304. The predicted octanol–water partition coefficient (Wildman–Crippen LogP) is 9.77. The summed E-state index contributed by atoms with van der Waals surface area (Å²) in [6, 6.07) is 30.8. The van der Waals surface area contributed by atoms with Gasteiger partial charge in [0.05, 0.1) is 61.4 Å². The van der Waals surface area contributed by atoms with Crippen LogP contribution in [0, 0.1) is 5.92 Å². The lowest BCUT2D eigenvalue weighted by molar-refractivity contribution is -0.152. The SMILES string of the molecule is C[C@H](NP(=O)(OCC1OC(n2cc(/C=C/Br)c(=O)[nH]c2=O)CC1O)Oc1ccccc1)C(=O)OC1CCCCC1.C[C@H](NP(=O)(OCC1OC(n2cc(/C=C/Br)c(=O)[nH]c2=O)CC1O)Oc1ccccc1)C(=O)OCC1CC1.C[C@H](NP(=O)(OCC1OC(n2cc(/C=C/Br)c(=O)[nH]c2=O)CC1O)Oc1ccccc1)C(=O)OCc1ccccc1. The fourth-order valence-corrected chi connectivity index (χ4v) is 17.6. The monoisotopic (exact) mass is 1900 g/mol. The number of hydrogen-bond donors (Lipinski definition) is 9. The summed E-state index contributed by atoms with van der Waals surface area (Å²) in [5.41, 5.74) is -2.49. The molecule has 7 aromatic rings. The van der Waals surface area contributed by atoms with E-state index in [2.05, 4.69) is 78.0 Å². The lowest BCUT2D eigenvalue weighted by Crippen LogP contribution is -2.38. The van der Waals surface area contributed by atoms with E-state index in [1.807, 2.05) is 18.2 Å². The van der Waals surface area contributed by atoms with Crippen LogP contribution >= 0.6 is 71.0 Å². The van der Waals surface area contributed by atoms with Gasteiger partial charge in [0.2, 0.25) is 0 Å². The Labute approximate surface area is 706 Å². The second-order valence-electron chi connectivity index (χ2n) is 27.9. The van der Waals surface area contributed by atoms with Crippen LogP contribution in [0.1, 0.15) is 126 Å². The van der Waals surface area contributed by atoms with Crippen LogP contribution in [0.2, 0.25) is 0 Å². The van der Waals surface area contributed by atoms with Crippen molar-refractivity contribution in [3.05, 3.63) is 240 Å². The Morgan fingerprint density at radius 3 is 1.11 bits per heavy atom. The number of nitrogens with zero attached hydrogens (tertiary/aromatic N) is 3. The summed E-state index contributed by atoms with van der Waals surface area (Å²) in [5.74, 6) is -0.798. The van der Waals surface area contributed by atoms with Gasteiger partial charge in [-0.05, 0) is 140 Å². The van der Waals surface area contributed by atoms with E-state index in [0.29, 0.717) is 12.5 Å². The number of rotatable bonds is 35. The molecule has 0 bridgehead atoms. The third kappa shape index (κ3) is 27.8. The van der Waals surface area contributed by atoms with Gasteiger partial charge in [-0.15, -0.1) is 0 Å². The van der Waals surface area contributed by atoms with Gasteiger partial charge in [-0.1, -0.05) is 139 Å². The van der Waals surface area contributed by atoms with Gasteiger partial charge in [-0.25, -0.2) is 28.1 Å². The molecule has 12 rings (SSSR count). The first kappa shape index (κ1) is 92.9. The maximum absolute atomic E-state index is 13.8. The van der Waals surface area contributed by atoms with E-state index in [4.69, 9.17) is 55.6 Å². The summed E-state index contributed by atoms with van der Waals surface area (Å²) < 4.78 is 112. The number of aliphatic hydroxyl groups is 3. The number of hydrogen-bond acceptors (Lipinski definition) is 27. The molecule has 3 aromatic heterocycles. The van der Waals surface area contributed by atoms with Crippen LogP contribution in [-0.2, 0) is 76.7 Å². The molecule has 642 valence electrons. The fraction of sp³-hybridized carbons (Fsp3) is 0.416. The smallest absolute Gasteiger partial charge is 0.459 e. The molecule has 36 nitrogen and oxygen atoms in total. The number of H-pyrrole nitrogens is 3. The van der Waals surface area contributed by atoms with E-state index in [0.717, 1.165) is 64.2 Å². The molecule has 119 heavy (non-hydrogen) atoms. The Bertz CT molecular complexity index is 5170. The van der Waals surface area contributed by atoms with Crippen LogP contribution in [0.5, 0.6) is 17.2 Å². The molecule has 42 heteroatoms. The van der Waals surface area contributed by atoms with Crippen molar-refractivity contribution in [1.82, 2.24) is 43.9 Å². The first-order chi connectivity index (χ1) is 57.0. The minimum Gasteiger partial charge on any atom is -0.464 e. The molecule has 6 heterocycles. The average Bonchev–Trinajstić information content (AvgIpc) is 1.70. The van der Waals surface area contributed by atoms with Crippen molar-refractivity contribution in [3.63, 3.8) is 0 Å². The molecule has 5 fully saturated rings. The molecule has 15 atom stereocenters. The molecule has 9 N–H and O–H groups in total. The number of ether oxygens (including phenoxy) is 6. The van der Waals surface area contributed by atoms with Crippen LogP contribution in [-0.4, -0.2) is 149 Å². The first-order valence-electron chi connectivity index (χ1n) is 37.8. The number of carbonyl (C=O) groups excluding carboxylic acids is 3. The van der Waals surface area contributed by atoms with Crippen LogP contribution in [0.25, 0.3) is 18.2 Å². The van der Waals surface area contributed by atoms with E-state index in [9.17, 15) is 72.2 Å². The fourth-order valence-electron chi connectivity index (χ4n) is 12.2. The summed E-state index contributed by atoms with van der Waals surface area (Å²) in [7, 11) is -12.6. The topological polar surface area (TPSA) is 475 Å². The number of carbonyl (C=O) groups is 3. The molecule has 12 unspecified atom stereocenters. The molecule has 3 aliphatic heterocycles. The number of esters is 3. The van der Waals surface area contributed by atoms with Crippen LogP contribution in [0.3, 0.4) is 0 Å². The van der Waals surface area contributed by atoms with E-state index in [1.165, 1.54) is 72.5 Å². The predicted molar refractivity (Wildman–Crippen MR) is 444 cm³/mol. The lowest BCUT2D eigenvalue weighted by Gasteiger charge is -2.27. The van der Waals surface area contributed by atoms with Crippen molar-refractivity contribution >= 4 is 107 Å². The molecule has 2 aliphatic carbocycles. The Morgan fingerprint density at radius 2 is 0.782 bits per heavy atom. The maximum atomic E-state index is 13.8. The summed E-state index contributed by atoms with van der Waals surface area (Å²) in [6.45, 7) is 3.60. The second-order valence-corrected chi connectivity index (χ2v) is 34.6. The van der Waals surface area contributed by atoms with E-state index in [1.54, 1.807) is 103 Å². The highest BCUT2D eigenvalue weighted by atomic mass is 79.9. The zero-order chi connectivity index (χ0) is 85.4. The van der Waals surface area contributed by atoms with Gasteiger partial charge < -0.3 is 57.3 Å². The van der Waals surface area contributed by atoms with Gasteiger partial charge >= 0.3 is 58.2 Å². The van der Waals surface area contributed by atoms with Crippen molar-refractivity contribution in [2.75, 3.05) is 26.4 Å². The van der Waals surface area contributed by atoms with E-state index < -0.39 is 155 Å². The normalized spacial score (nSPS) is 22.8. The van der Waals surface area contributed by atoms with Crippen LogP contribution < -0.4 is 62.6 Å². The molecular weight excluding hydrogens is 1820 g/mol. The van der Waals surface area contributed by atoms with Gasteiger partial charge in [0.25, 0.3) is 16.7 Å². The number of aliphatic hydroxyl groups excluding tert-OH is 3. The highest BCUT2D eigenvalue weighted by molar-refractivity contribution is 9.11. The Morgan fingerprint density at radius 1 is 0.462 bits per heavy atom. The molecule has 5 aliphatic rings. The van der Waals surface area contributed by atoms with Crippen molar-refractivity contribution in [3.8, 4) is 17.2 Å². The number of aromatic amines is 3. The third-order valence-corrected chi connectivity index (χ3v) is 24.4. The Balaban J connectivity index is 0.000000188. The van der Waals surface area contributed by atoms with Gasteiger partial charge in [0.15, 0.2) is 0 Å². The highest BCUT2D eigenvalue weighted by Gasteiger charge is 2.44. The summed E-state index contributed by atoms with van der Waals surface area (Å²) in [4.78, 5) is 122. The summed E-state index contributed by atoms with van der Waals surface area (Å²) in [5, 5.41) is 39.7. The highest BCUT2D eigenvalue weighted by Crippen LogP contribution is 2.49. The molecule has 2 saturated carbocycles. The zero-order valence-corrected chi connectivity index (χ0v) is 71.8. The molecular formula is C77H91Br3N9O27P3. The van der Waals surface area contributed by atoms with Gasteiger partial charge in [-0.3, -0.25) is 71.0 Å². The molecule has 0 spiro atoms. The standard InChI is InChI=1S/C27H29BrN3O9P.C26H33BrN3O9P.C24H29BrN3O9P/c1-18(26(34)37-16-19-8-4-2-5-9-19)30-41(36,40-21-10-6-3-7-11-21)38-17-23-22(32)14-24(39-23)31-15-20(12-13-28)25(33)29-27(31)35;1-17(25(33)37-19-8-4-2-5-9-19)29-40(35,39-20-10-6-3-7-11-20)36-16-22-21(31)14-23(38-22)30-15-18(12-13-27)24(32)28-26(30)34;1-15(23(31)34-13-16-7-8-16)27-38(33,37-18-5-3-2-4-6-18)35-14-20-19(29)11-21(36-20)28-12-17(9-10-25)22(30)26-24(28)32/h2-13,15,18,22-24,32H,14,16-17H2,1H3,(H,30,36)(H,29,33,35);3,6-7,10-13,15,17,19,21-23,31H,2,4-5,8-9,14,16H2,1H3,(H,29,35)(H,28,32,34);2-6,9-10,12,15-16,19-21,29H,7-8,11,13-14H2,1H3,(H,27,33)(H,26,30,32)/b2*13-12+;10-9+/t18-,22?,23?,24?,41?;17-,21?,22?,23?,40?;15-,19?,20?,21?,38?/m000/s1. The third-order valence-electron chi connectivity index (χ3n) is 18.7. The van der Waals surface area contributed by atoms with Crippen molar-refractivity contribution in [1.29, 1.82) is 0 Å². The largest absolute Gasteiger partial charge is 0.464 e. The van der Waals surface area contributed by atoms with Crippen molar-refractivity contribution < 1.29 is 99.0 Å². The zero-order valence-electron chi connectivity index (χ0n) is 64.4. The minimum atomic E-state index is -4.22. The molecule has 3 saturated heterocycles. The second kappa shape index (κ2) is 44.4. The van der Waals surface area contributed by atoms with Gasteiger partial charge in [-0.2, -0.15) is 15.3 Å². The van der Waals surface area contributed by atoms with E-state index >= 15 is 0 Å². The van der Waals surface area contributed by atoms with Crippen molar-refractivity contribution in [2.24, 2.45) is 5.92 Å². The van der Waals surface area contributed by atoms with Gasteiger partial charge in [0.1, 0.15) is 85.1 Å². The average molecular weight is 1910 g/mol. The molecule has 0 amide bonds. The summed E-state index contributed by atoms with van der Waals surface area (Å²) >= 11 is 9.28. The van der Waals surface area contributed by atoms with E-state index in [-0.39, 0.29) is 79.1 Å². The number of benzene rings is 4. The number of halogens is 3. The van der Waals surface area contributed by atoms with Gasteiger partial charge in [0, 0.05) is 37.9 Å². The molecule has 0 radical (unpaired) electrons. The quantitative estimate of drug-likeness (QED) is 0.0101. The van der Waals surface area contributed by atoms with Crippen molar-refractivity contribution in [2.45, 2.75) is 171 Å². The molecule has 4 aromatic carbocycles.